The number of hydrogen-bond donors (Lipinski definition) is 1. The molecule has 0 amide bonds. The van der Waals surface area contributed by atoms with Crippen molar-refractivity contribution in [1.29, 1.82) is 0 Å². The molecule has 0 saturated carbocycles. The minimum absolute atomic E-state index is 0.683. The molecule has 1 aromatic heterocycles. The number of anilines is 2. The second-order valence-corrected chi connectivity index (χ2v) is 5.12. The van der Waals surface area contributed by atoms with E-state index in [1.165, 1.54) is 5.56 Å². The van der Waals surface area contributed by atoms with Gasteiger partial charge in [-0.3, -0.25) is 0 Å². The molecule has 106 valence electrons. The predicted molar refractivity (Wildman–Crippen MR) is 85.9 cm³/mol. The summed E-state index contributed by atoms with van der Waals surface area (Å²) in [5.74, 6) is 0.809. The standard InChI is InChI=1S/C16H20ClN3/c1-4-20(15-8-6-5-7-12(15)2)16-14(17)9-13(10-18-3)11-19-16/h5-9,11,18H,4,10H2,1-3H3. The Labute approximate surface area is 125 Å². The molecular weight excluding hydrogens is 270 g/mol. The number of benzene rings is 1. The Kier molecular flexibility index (Phi) is 4.99. The first-order chi connectivity index (χ1) is 9.67. The predicted octanol–water partition coefficient (Wildman–Crippen LogP) is 3.92. The fraction of sp³-hybridized carbons (Fsp3) is 0.312. The number of pyridine rings is 1. The van der Waals surface area contributed by atoms with Crippen LogP contribution in [0.1, 0.15) is 18.1 Å². The molecule has 2 rings (SSSR count). The Hall–Kier alpha value is -1.58. The van der Waals surface area contributed by atoms with Gasteiger partial charge < -0.3 is 10.2 Å². The van der Waals surface area contributed by atoms with Gasteiger partial charge in [-0.25, -0.2) is 4.98 Å². The van der Waals surface area contributed by atoms with Gasteiger partial charge in [-0.05, 0) is 44.2 Å². The smallest absolute Gasteiger partial charge is 0.151 e. The molecule has 1 aromatic carbocycles. The number of aromatic nitrogens is 1. The van der Waals surface area contributed by atoms with Crippen molar-refractivity contribution >= 4 is 23.1 Å². The first-order valence-electron chi connectivity index (χ1n) is 6.79. The Morgan fingerprint density at radius 1 is 1.30 bits per heavy atom. The number of para-hydroxylation sites is 1. The van der Waals surface area contributed by atoms with Gasteiger partial charge in [0, 0.05) is 25.0 Å². The molecule has 0 aliphatic rings. The maximum atomic E-state index is 6.41. The highest BCUT2D eigenvalue weighted by Gasteiger charge is 2.14. The van der Waals surface area contributed by atoms with Crippen LogP contribution in [0.5, 0.6) is 0 Å². The van der Waals surface area contributed by atoms with Crippen molar-refractivity contribution in [2.75, 3.05) is 18.5 Å². The quantitative estimate of drug-likeness (QED) is 0.904. The molecule has 0 atom stereocenters. The van der Waals surface area contributed by atoms with Crippen LogP contribution in [0, 0.1) is 6.92 Å². The summed E-state index contributed by atoms with van der Waals surface area (Å²) in [7, 11) is 1.91. The van der Waals surface area contributed by atoms with Gasteiger partial charge in [-0.1, -0.05) is 29.8 Å². The van der Waals surface area contributed by atoms with Gasteiger partial charge in [0.15, 0.2) is 5.82 Å². The lowest BCUT2D eigenvalue weighted by Gasteiger charge is -2.25. The van der Waals surface area contributed by atoms with E-state index >= 15 is 0 Å². The van der Waals surface area contributed by atoms with E-state index in [0.29, 0.717) is 5.02 Å². The summed E-state index contributed by atoms with van der Waals surface area (Å²) in [6.07, 6.45) is 1.87. The number of nitrogens with one attached hydrogen (secondary N) is 1. The molecule has 0 aliphatic heterocycles. The third-order valence-corrected chi connectivity index (χ3v) is 3.52. The van der Waals surface area contributed by atoms with Gasteiger partial charge in [0.2, 0.25) is 0 Å². The molecule has 1 heterocycles. The summed E-state index contributed by atoms with van der Waals surface area (Å²) in [5, 5.41) is 3.79. The minimum atomic E-state index is 0.683. The third kappa shape index (κ3) is 3.11. The van der Waals surface area contributed by atoms with Crippen LogP contribution in [0.15, 0.2) is 36.5 Å². The first kappa shape index (κ1) is 14.8. The highest BCUT2D eigenvalue weighted by Crippen LogP contribution is 2.31. The molecule has 4 heteroatoms. The van der Waals surface area contributed by atoms with Crippen LogP contribution in [0.3, 0.4) is 0 Å². The molecule has 20 heavy (non-hydrogen) atoms. The second-order valence-electron chi connectivity index (χ2n) is 4.71. The molecule has 0 unspecified atom stereocenters. The number of rotatable bonds is 5. The zero-order valence-electron chi connectivity index (χ0n) is 12.2. The van der Waals surface area contributed by atoms with Crippen LogP contribution in [0.25, 0.3) is 0 Å². The Balaban J connectivity index is 2.40. The molecule has 0 saturated heterocycles. The normalized spacial score (nSPS) is 10.6. The van der Waals surface area contributed by atoms with Gasteiger partial charge in [-0.15, -0.1) is 0 Å². The van der Waals surface area contributed by atoms with Gasteiger partial charge in [-0.2, -0.15) is 0 Å². The van der Waals surface area contributed by atoms with Crippen LogP contribution >= 0.6 is 11.6 Å². The van der Waals surface area contributed by atoms with E-state index in [1.807, 2.05) is 31.4 Å². The van der Waals surface area contributed by atoms with Crippen molar-refractivity contribution in [2.45, 2.75) is 20.4 Å². The topological polar surface area (TPSA) is 28.2 Å². The maximum absolute atomic E-state index is 6.41. The van der Waals surface area contributed by atoms with E-state index in [1.54, 1.807) is 0 Å². The van der Waals surface area contributed by atoms with Gasteiger partial charge in [0.1, 0.15) is 0 Å². The number of hydrogen-bond acceptors (Lipinski definition) is 3. The van der Waals surface area contributed by atoms with Crippen LogP contribution in [-0.4, -0.2) is 18.6 Å². The first-order valence-corrected chi connectivity index (χ1v) is 7.17. The molecule has 0 radical (unpaired) electrons. The Bertz CT molecular complexity index is 584. The summed E-state index contributed by atoms with van der Waals surface area (Å²) in [5.41, 5.74) is 3.44. The Morgan fingerprint density at radius 2 is 2.05 bits per heavy atom. The zero-order valence-corrected chi connectivity index (χ0v) is 12.9. The van der Waals surface area contributed by atoms with Gasteiger partial charge in [0.05, 0.1) is 5.02 Å². The van der Waals surface area contributed by atoms with Crippen molar-refractivity contribution in [2.24, 2.45) is 0 Å². The summed E-state index contributed by atoms with van der Waals surface area (Å²) in [6, 6.07) is 10.2. The van der Waals surface area contributed by atoms with E-state index in [4.69, 9.17) is 11.6 Å². The summed E-state index contributed by atoms with van der Waals surface area (Å²) in [6.45, 7) is 5.79. The third-order valence-electron chi connectivity index (χ3n) is 3.24. The maximum Gasteiger partial charge on any atom is 0.151 e. The number of halogens is 1. The lowest BCUT2D eigenvalue weighted by atomic mass is 10.1. The highest BCUT2D eigenvalue weighted by atomic mass is 35.5. The van der Waals surface area contributed by atoms with Crippen molar-refractivity contribution in [3.05, 3.63) is 52.7 Å². The van der Waals surface area contributed by atoms with Crippen molar-refractivity contribution in [1.82, 2.24) is 10.3 Å². The number of aryl methyl sites for hydroxylation is 1. The fourth-order valence-electron chi connectivity index (χ4n) is 2.27. The summed E-state index contributed by atoms with van der Waals surface area (Å²) < 4.78 is 0. The van der Waals surface area contributed by atoms with E-state index in [0.717, 1.165) is 30.2 Å². The van der Waals surface area contributed by atoms with E-state index in [-0.39, 0.29) is 0 Å². The molecule has 3 nitrogen and oxygen atoms in total. The lowest BCUT2D eigenvalue weighted by molar-refractivity contribution is 0.812. The molecule has 1 N–H and O–H groups in total. The van der Waals surface area contributed by atoms with Gasteiger partial charge >= 0.3 is 0 Å². The van der Waals surface area contributed by atoms with Crippen LogP contribution < -0.4 is 10.2 Å². The number of nitrogens with zero attached hydrogens (tertiary/aromatic N) is 2. The van der Waals surface area contributed by atoms with Gasteiger partial charge in [0.25, 0.3) is 0 Å². The molecular formula is C16H20ClN3. The van der Waals surface area contributed by atoms with E-state index < -0.39 is 0 Å². The fourth-order valence-corrected chi connectivity index (χ4v) is 2.56. The van der Waals surface area contributed by atoms with Crippen LogP contribution in [0.2, 0.25) is 5.02 Å². The largest absolute Gasteiger partial charge is 0.325 e. The second kappa shape index (κ2) is 6.73. The van der Waals surface area contributed by atoms with Crippen molar-refractivity contribution < 1.29 is 0 Å². The minimum Gasteiger partial charge on any atom is -0.325 e. The van der Waals surface area contributed by atoms with E-state index in [9.17, 15) is 0 Å². The van der Waals surface area contributed by atoms with Crippen molar-refractivity contribution in [3.8, 4) is 0 Å². The summed E-state index contributed by atoms with van der Waals surface area (Å²) >= 11 is 6.41. The summed E-state index contributed by atoms with van der Waals surface area (Å²) in [4.78, 5) is 6.68. The van der Waals surface area contributed by atoms with Crippen LogP contribution in [0.4, 0.5) is 11.5 Å². The monoisotopic (exact) mass is 289 g/mol. The lowest BCUT2D eigenvalue weighted by Crippen LogP contribution is -2.19. The molecule has 0 aliphatic carbocycles. The highest BCUT2D eigenvalue weighted by molar-refractivity contribution is 6.33. The molecule has 0 fully saturated rings. The Morgan fingerprint density at radius 3 is 2.65 bits per heavy atom. The van der Waals surface area contributed by atoms with E-state index in [2.05, 4.69) is 41.2 Å². The average molecular weight is 290 g/mol. The zero-order chi connectivity index (χ0) is 14.5. The molecule has 0 bridgehead atoms. The SMILES string of the molecule is CCN(c1ccccc1C)c1ncc(CNC)cc1Cl. The molecule has 0 spiro atoms. The molecule has 2 aromatic rings. The van der Waals surface area contributed by atoms with Crippen LogP contribution in [-0.2, 0) is 6.54 Å². The van der Waals surface area contributed by atoms with Crippen molar-refractivity contribution in [3.63, 3.8) is 0 Å². The average Bonchev–Trinajstić information content (AvgIpc) is 2.44.